The molecule has 1 unspecified atom stereocenters. The fraction of sp³-hybridized carbons (Fsp3) is 1.00. The van der Waals surface area contributed by atoms with Gasteiger partial charge in [-0.1, -0.05) is 19.3 Å². The van der Waals surface area contributed by atoms with E-state index >= 15 is 0 Å². The summed E-state index contributed by atoms with van der Waals surface area (Å²) in [5, 5.41) is 3.43. The Hall–Kier alpha value is -0.120. The Kier molecular flexibility index (Phi) is 3.79. The number of hydrogen-bond donors (Lipinski definition) is 2. The van der Waals surface area contributed by atoms with Crippen molar-refractivity contribution < 1.29 is 0 Å². The van der Waals surface area contributed by atoms with Crippen LogP contribution in [0.5, 0.6) is 0 Å². The largest absolute Gasteiger partial charge is 0.329 e. The monoisotopic (exact) mass is 197 g/mol. The molecule has 0 bridgehead atoms. The molecule has 2 fully saturated rings. The zero-order valence-electron chi connectivity index (χ0n) is 9.04. The molecule has 1 aliphatic heterocycles. The molecule has 82 valence electrons. The van der Waals surface area contributed by atoms with Crippen LogP contribution in [0.25, 0.3) is 0 Å². The third kappa shape index (κ3) is 2.27. The SMILES string of the molecule is NCC1CNCCN1C1CCCCC1. The van der Waals surface area contributed by atoms with Gasteiger partial charge in [0.25, 0.3) is 0 Å². The summed E-state index contributed by atoms with van der Waals surface area (Å²) in [6.07, 6.45) is 7.08. The van der Waals surface area contributed by atoms with Gasteiger partial charge in [0.15, 0.2) is 0 Å². The Morgan fingerprint density at radius 1 is 1.21 bits per heavy atom. The first-order valence-electron chi connectivity index (χ1n) is 6.08. The molecule has 2 aliphatic rings. The maximum atomic E-state index is 5.82. The molecule has 0 amide bonds. The number of nitrogens with one attached hydrogen (secondary N) is 1. The number of piperazine rings is 1. The molecule has 1 atom stereocenters. The molecular formula is C11H23N3. The summed E-state index contributed by atoms with van der Waals surface area (Å²) in [4.78, 5) is 2.66. The van der Waals surface area contributed by atoms with Crippen molar-refractivity contribution in [1.29, 1.82) is 0 Å². The molecule has 3 nitrogen and oxygen atoms in total. The molecule has 0 aromatic heterocycles. The lowest BCUT2D eigenvalue weighted by Crippen LogP contribution is -2.58. The van der Waals surface area contributed by atoms with Crippen molar-refractivity contribution in [2.24, 2.45) is 5.73 Å². The third-order valence-electron chi connectivity index (χ3n) is 3.71. The van der Waals surface area contributed by atoms with Crippen molar-refractivity contribution in [1.82, 2.24) is 10.2 Å². The molecule has 0 spiro atoms. The van der Waals surface area contributed by atoms with Gasteiger partial charge >= 0.3 is 0 Å². The molecule has 1 saturated heterocycles. The summed E-state index contributed by atoms with van der Waals surface area (Å²) in [5.74, 6) is 0. The highest BCUT2D eigenvalue weighted by Crippen LogP contribution is 2.24. The second kappa shape index (κ2) is 5.10. The second-order valence-electron chi connectivity index (χ2n) is 4.62. The van der Waals surface area contributed by atoms with E-state index < -0.39 is 0 Å². The molecule has 3 heteroatoms. The highest BCUT2D eigenvalue weighted by molar-refractivity contribution is 4.86. The summed E-state index contributed by atoms with van der Waals surface area (Å²) in [7, 11) is 0. The summed E-state index contributed by atoms with van der Waals surface area (Å²) in [6, 6.07) is 1.42. The lowest BCUT2D eigenvalue weighted by molar-refractivity contribution is 0.0862. The molecule has 2 rings (SSSR count). The van der Waals surface area contributed by atoms with Gasteiger partial charge in [-0.05, 0) is 12.8 Å². The summed E-state index contributed by atoms with van der Waals surface area (Å²) in [5.41, 5.74) is 5.82. The molecule has 1 aliphatic carbocycles. The van der Waals surface area contributed by atoms with E-state index in [0.29, 0.717) is 6.04 Å². The van der Waals surface area contributed by atoms with E-state index in [1.807, 2.05) is 0 Å². The average molecular weight is 197 g/mol. The highest BCUT2D eigenvalue weighted by Gasteiger charge is 2.28. The van der Waals surface area contributed by atoms with Crippen LogP contribution in [0.2, 0.25) is 0 Å². The van der Waals surface area contributed by atoms with Gasteiger partial charge < -0.3 is 11.1 Å². The molecule has 3 N–H and O–H groups in total. The Labute approximate surface area is 87.0 Å². The Bertz CT molecular complexity index is 166. The van der Waals surface area contributed by atoms with Crippen LogP contribution in [0.4, 0.5) is 0 Å². The maximum absolute atomic E-state index is 5.82. The quantitative estimate of drug-likeness (QED) is 0.679. The van der Waals surface area contributed by atoms with Crippen molar-refractivity contribution in [3.8, 4) is 0 Å². The van der Waals surface area contributed by atoms with Gasteiger partial charge in [0, 0.05) is 38.3 Å². The van der Waals surface area contributed by atoms with Crippen molar-refractivity contribution >= 4 is 0 Å². The fourth-order valence-corrected chi connectivity index (χ4v) is 2.89. The molecule has 0 aromatic rings. The lowest BCUT2D eigenvalue weighted by atomic mass is 9.92. The van der Waals surface area contributed by atoms with Crippen LogP contribution in [0.15, 0.2) is 0 Å². The number of nitrogens with zero attached hydrogens (tertiary/aromatic N) is 1. The summed E-state index contributed by atoms with van der Waals surface area (Å²) < 4.78 is 0. The van der Waals surface area contributed by atoms with Crippen LogP contribution >= 0.6 is 0 Å². The van der Waals surface area contributed by atoms with E-state index in [2.05, 4.69) is 10.2 Å². The van der Waals surface area contributed by atoms with Crippen molar-refractivity contribution in [2.75, 3.05) is 26.2 Å². The van der Waals surface area contributed by atoms with Gasteiger partial charge in [-0.15, -0.1) is 0 Å². The van der Waals surface area contributed by atoms with Crippen LogP contribution in [0.1, 0.15) is 32.1 Å². The average Bonchev–Trinajstić information content (AvgIpc) is 2.30. The van der Waals surface area contributed by atoms with E-state index in [0.717, 1.165) is 25.7 Å². The number of nitrogens with two attached hydrogens (primary N) is 1. The van der Waals surface area contributed by atoms with Gasteiger partial charge in [0.1, 0.15) is 0 Å². The molecular weight excluding hydrogens is 174 g/mol. The normalized spacial score (nSPS) is 31.9. The van der Waals surface area contributed by atoms with E-state index in [-0.39, 0.29) is 0 Å². The van der Waals surface area contributed by atoms with E-state index in [4.69, 9.17) is 5.73 Å². The summed E-state index contributed by atoms with van der Waals surface area (Å²) in [6.45, 7) is 4.25. The van der Waals surface area contributed by atoms with Gasteiger partial charge in [-0.2, -0.15) is 0 Å². The lowest BCUT2D eigenvalue weighted by Gasteiger charge is -2.42. The predicted molar refractivity (Wildman–Crippen MR) is 59.3 cm³/mol. The number of hydrogen-bond acceptors (Lipinski definition) is 3. The van der Waals surface area contributed by atoms with Gasteiger partial charge in [-0.3, -0.25) is 4.90 Å². The van der Waals surface area contributed by atoms with Crippen molar-refractivity contribution in [3.63, 3.8) is 0 Å². The molecule has 1 heterocycles. The van der Waals surface area contributed by atoms with Crippen molar-refractivity contribution in [3.05, 3.63) is 0 Å². The Balaban J connectivity index is 1.91. The highest BCUT2D eigenvalue weighted by atomic mass is 15.2. The van der Waals surface area contributed by atoms with Crippen LogP contribution in [0.3, 0.4) is 0 Å². The third-order valence-corrected chi connectivity index (χ3v) is 3.71. The molecule has 0 radical (unpaired) electrons. The molecule has 14 heavy (non-hydrogen) atoms. The van der Waals surface area contributed by atoms with Crippen LogP contribution in [-0.2, 0) is 0 Å². The van der Waals surface area contributed by atoms with Gasteiger partial charge in [-0.25, -0.2) is 0 Å². The fourth-order valence-electron chi connectivity index (χ4n) is 2.89. The maximum Gasteiger partial charge on any atom is 0.0346 e. The first-order valence-corrected chi connectivity index (χ1v) is 6.08. The first kappa shape index (κ1) is 10.4. The minimum atomic E-state index is 0.590. The van der Waals surface area contributed by atoms with Gasteiger partial charge in [0.05, 0.1) is 0 Å². The topological polar surface area (TPSA) is 41.3 Å². The zero-order valence-corrected chi connectivity index (χ0v) is 9.04. The first-order chi connectivity index (χ1) is 6.92. The van der Waals surface area contributed by atoms with Crippen molar-refractivity contribution in [2.45, 2.75) is 44.2 Å². The minimum Gasteiger partial charge on any atom is -0.329 e. The molecule has 1 saturated carbocycles. The van der Waals surface area contributed by atoms with Crippen LogP contribution in [0, 0.1) is 0 Å². The number of rotatable bonds is 2. The van der Waals surface area contributed by atoms with E-state index in [1.54, 1.807) is 0 Å². The van der Waals surface area contributed by atoms with Crippen LogP contribution in [-0.4, -0.2) is 43.2 Å². The van der Waals surface area contributed by atoms with Crippen LogP contribution < -0.4 is 11.1 Å². The standard InChI is InChI=1S/C11H23N3/c12-8-11-9-13-6-7-14(11)10-4-2-1-3-5-10/h10-11,13H,1-9,12H2. The minimum absolute atomic E-state index is 0.590. The predicted octanol–water partition coefficient (Wildman–Crippen LogP) is 0.552. The van der Waals surface area contributed by atoms with E-state index in [1.165, 1.54) is 38.6 Å². The molecule has 0 aromatic carbocycles. The Morgan fingerprint density at radius 3 is 2.71 bits per heavy atom. The summed E-state index contributed by atoms with van der Waals surface area (Å²) >= 11 is 0. The van der Waals surface area contributed by atoms with Gasteiger partial charge in [0.2, 0.25) is 0 Å². The zero-order chi connectivity index (χ0) is 9.80. The second-order valence-corrected chi connectivity index (χ2v) is 4.62. The Morgan fingerprint density at radius 2 is 2.00 bits per heavy atom. The van der Waals surface area contributed by atoms with E-state index in [9.17, 15) is 0 Å². The smallest absolute Gasteiger partial charge is 0.0346 e.